The van der Waals surface area contributed by atoms with Crippen molar-refractivity contribution < 1.29 is 14.6 Å². The minimum atomic E-state index is -0.514. The van der Waals surface area contributed by atoms with Gasteiger partial charge in [0.2, 0.25) is 0 Å². The van der Waals surface area contributed by atoms with Crippen molar-refractivity contribution in [3.05, 3.63) is 12.2 Å². The number of carbonyl (C=O) groups excluding carboxylic acids is 1. The van der Waals surface area contributed by atoms with E-state index in [0.29, 0.717) is 12.8 Å². The van der Waals surface area contributed by atoms with Gasteiger partial charge in [0, 0.05) is 6.42 Å². The number of esters is 1. The third-order valence-electron chi connectivity index (χ3n) is 5.55. The molecule has 0 heterocycles. The van der Waals surface area contributed by atoms with Crippen molar-refractivity contribution >= 4 is 5.97 Å². The number of allylic oxidation sites excluding steroid dienone is 2. The molecule has 0 fully saturated rings. The van der Waals surface area contributed by atoms with Gasteiger partial charge in [-0.3, -0.25) is 4.79 Å². The predicted molar refractivity (Wildman–Crippen MR) is 125 cm³/mol. The van der Waals surface area contributed by atoms with Gasteiger partial charge in [-0.05, 0) is 38.5 Å². The third-order valence-corrected chi connectivity index (χ3v) is 5.55. The zero-order valence-corrected chi connectivity index (χ0v) is 19.6. The predicted octanol–water partition coefficient (Wildman–Crippen LogP) is 7.90. The van der Waals surface area contributed by atoms with E-state index in [9.17, 15) is 9.90 Å². The van der Waals surface area contributed by atoms with E-state index in [1.807, 2.05) is 6.92 Å². The van der Waals surface area contributed by atoms with Crippen LogP contribution in [0.4, 0.5) is 0 Å². The van der Waals surface area contributed by atoms with Crippen molar-refractivity contribution in [3.63, 3.8) is 0 Å². The van der Waals surface area contributed by atoms with Crippen LogP contribution >= 0.6 is 0 Å². The van der Waals surface area contributed by atoms with Crippen LogP contribution in [0.15, 0.2) is 12.2 Å². The van der Waals surface area contributed by atoms with Crippen LogP contribution in [0.1, 0.15) is 136 Å². The Morgan fingerprint density at radius 1 is 0.724 bits per heavy atom. The topological polar surface area (TPSA) is 46.5 Å². The van der Waals surface area contributed by atoms with E-state index < -0.39 is 6.10 Å². The van der Waals surface area contributed by atoms with E-state index in [2.05, 4.69) is 19.1 Å². The summed E-state index contributed by atoms with van der Waals surface area (Å²) in [5.41, 5.74) is 0. The number of hydrogen-bond donors (Lipinski definition) is 1. The summed E-state index contributed by atoms with van der Waals surface area (Å²) in [4.78, 5) is 11.5. The van der Waals surface area contributed by atoms with Gasteiger partial charge in [-0.25, -0.2) is 0 Å². The molecule has 0 aliphatic carbocycles. The fourth-order valence-corrected chi connectivity index (χ4v) is 3.43. The smallest absolute Gasteiger partial charge is 0.305 e. The second-order valence-electron chi connectivity index (χ2n) is 8.49. The molecular weight excluding hydrogens is 360 g/mol. The quantitative estimate of drug-likeness (QED) is 0.112. The van der Waals surface area contributed by atoms with Crippen LogP contribution in [0.5, 0.6) is 0 Å². The number of unbranched alkanes of at least 4 members (excludes halogenated alkanes) is 15. The standard InChI is InChI=1S/C26H50O3/c1-3-5-6-7-8-9-10-11-12-13-14-15-16-17-18-19-20-21-22-23-26(28)29-24-25(27)4-2/h11-12,25,27H,3-10,13-24H2,1-2H3/b12-11+. The molecule has 3 nitrogen and oxygen atoms in total. The third kappa shape index (κ3) is 23.3. The van der Waals surface area contributed by atoms with Gasteiger partial charge >= 0.3 is 5.97 Å². The summed E-state index contributed by atoms with van der Waals surface area (Å²) in [5, 5.41) is 9.36. The van der Waals surface area contributed by atoms with Crippen molar-refractivity contribution in [2.24, 2.45) is 0 Å². The average Bonchev–Trinajstić information content (AvgIpc) is 2.73. The molecule has 0 saturated heterocycles. The number of ether oxygens (including phenoxy) is 1. The van der Waals surface area contributed by atoms with E-state index in [1.165, 1.54) is 96.3 Å². The van der Waals surface area contributed by atoms with Gasteiger partial charge in [0.05, 0.1) is 6.10 Å². The van der Waals surface area contributed by atoms with Crippen LogP contribution in [0.3, 0.4) is 0 Å². The summed E-state index contributed by atoms with van der Waals surface area (Å²) in [5.74, 6) is -0.168. The molecule has 0 aromatic heterocycles. The first-order valence-corrected chi connectivity index (χ1v) is 12.7. The molecule has 0 aromatic carbocycles. The molecule has 29 heavy (non-hydrogen) atoms. The number of rotatable bonds is 22. The van der Waals surface area contributed by atoms with Crippen molar-refractivity contribution in [2.75, 3.05) is 6.61 Å². The first-order valence-electron chi connectivity index (χ1n) is 12.7. The molecule has 0 bridgehead atoms. The van der Waals surface area contributed by atoms with Crippen LogP contribution in [-0.2, 0) is 9.53 Å². The first kappa shape index (κ1) is 28.2. The maximum absolute atomic E-state index is 11.5. The molecular formula is C26H50O3. The molecule has 0 amide bonds. The van der Waals surface area contributed by atoms with Crippen LogP contribution < -0.4 is 0 Å². The normalized spacial score (nSPS) is 12.5. The Hall–Kier alpha value is -0.830. The van der Waals surface area contributed by atoms with E-state index in [1.54, 1.807) is 0 Å². The maximum Gasteiger partial charge on any atom is 0.305 e. The molecule has 1 unspecified atom stereocenters. The molecule has 3 heteroatoms. The van der Waals surface area contributed by atoms with Gasteiger partial charge in [0.1, 0.15) is 6.61 Å². The van der Waals surface area contributed by atoms with Crippen molar-refractivity contribution in [2.45, 2.75) is 142 Å². The summed E-state index contributed by atoms with van der Waals surface area (Å²) in [7, 11) is 0. The van der Waals surface area contributed by atoms with Gasteiger partial charge in [-0.1, -0.05) is 103 Å². The highest BCUT2D eigenvalue weighted by atomic mass is 16.5. The minimum Gasteiger partial charge on any atom is -0.463 e. The fourth-order valence-electron chi connectivity index (χ4n) is 3.43. The second kappa shape index (κ2) is 23.4. The molecule has 172 valence electrons. The SMILES string of the molecule is CCCCCCCC/C=C/CCCCCCCCCCCC(=O)OCC(O)CC. The molecule has 0 aromatic rings. The Kier molecular flexibility index (Phi) is 22.8. The van der Waals surface area contributed by atoms with Gasteiger partial charge < -0.3 is 9.84 Å². The first-order chi connectivity index (χ1) is 14.2. The highest BCUT2D eigenvalue weighted by Gasteiger charge is 2.06. The van der Waals surface area contributed by atoms with Crippen molar-refractivity contribution in [1.29, 1.82) is 0 Å². The summed E-state index contributed by atoms with van der Waals surface area (Å²) >= 11 is 0. The lowest BCUT2D eigenvalue weighted by Crippen LogP contribution is -2.17. The van der Waals surface area contributed by atoms with Gasteiger partial charge in [0.25, 0.3) is 0 Å². The summed E-state index contributed by atoms with van der Waals surface area (Å²) < 4.78 is 5.04. The van der Waals surface area contributed by atoms with E-state index in [-0.39, 0.29) is 12.6 Å². The molecule has 1 N–H and O–H groups in total. The largest absolute Gasteiger partial charge is 0.463 e. The Morgan fingerprint density at radius 2 is 1.17 bits per heavy atom. The second-order valence-corrected chi connectivity index (χ2v) is 8.49. The lowest BCUT2D eigenvalue weighted by atomic mass is 10.1. The summed E-state index contributed by atoms with van der Waals surface area (Å²) in [6.45, 7) is 4.30. The molecule has 1 atom stereocenters. The summed E-state index contributed by atoms with van der Waals surface area (Å²) in [6, 6.07) is 0. The van der Waals surface area contributed by atoms with Gasteiger partial charge in [-0.15, -0.1) is 0 Å². The van der Waals surface area contributed by atoms with Gasteiger partial charge in [-0.2, -0.15) is 0 Å². The van der Waals surface area contributed by atoms with Crippen LogP contribution in [0.25, 0.3) is 0 Å². The van der Waals surface area contributed by atoms with Crippen molar-refractivity contribution in [3.8, 4) is 0 Å². The number of aliphatic hydroxyl groups excluding tert-OH is 1. The number of aliphatic hydroxyl groups is 1. The van der Waals surface area contributed by atoms with Crippen molar-refractivity contribution in [1.82, 2.24) is 0 Å². The Labute approximate surface area is 181 Å². The lowest BCUT2D eigenvalue weighted by Gasteiger charge is -2.08. The van der Waals surface area contributed by atoms with Crippen LogP contribution in [-0.4, -0.2) is 23.8 Å². The number of hydrogen-bond acceptors (Lipinski definition) is 3. The molecule has 0 aliphatic heterocycles. The number of carbonyl (C=O) groups is 1. The molecule has 0 radical (unpaired) electrons. The highest BCUT2D eigenvalue weighted by Crippen LogP contribution is 2.12. The van der Waals surface area contributed by atoms with E-state index in [0.717, 1.165) is 12.8 Å². The Morgan fingerprint density at radius 3 is 1.66 bits per heavy atom. The van der Waals surface area contributed by atoms with Gasteiger partial charge in [0.15, 0.2) is 0 Å². The van der Waals surface area contributed by atoms with Crippen LogP contribution in [0.2, 0.25) is 0 Å². The molecule has 0 rings (SSSR count). The Bertz CT molecular complexity index is 365. The minimum absolute atomic E-state index is 0.143. The van der Waals surface area contributed by atoms with E-state index >= 15 is 0 Å². The summed E-state index contributed by atoms with van der Waals surface area (Å²) in [6.07, 6.45) is 27.5. The fraction of sp³-hybridized carbons (Fsp3) is 0.885. The molecule has 0 saturated carbocycles. The highest BCUT2D eigenvalue weighted by molar-refractivity contribution is 5.69. The molecule has 0 spiro atoms. The maximum atomic E-state index is 11.5. The molecule has 0 aliphatic rings. The van der Waals surface area contributed by atoms with E-state index in [4.69, 9.17) is 4.74 Å². The lowest BCUT2D eigenvalue weighted by molar-refractivity contribution is -0.146. The zero-order chi connectivity index (χ0) is 21.4. The Balaban J connectivity index is 3.18. The average molecular weight is 411 g/mol. The van der Waals surface area contributed by atoms with Crippen LogP contribution in [0, 0.1) is 0 Å². The zero-order valence-electron chi connectivity index (χ0n) is 19.6. The monoisotopic (exact) mass is 410 g/mol.